The molecule has 3 N–H and O–H groups in total. The SMILES string of the molecule is CN(Cc1nc2ccccc2[nH]1)c1cc(C2CC(N)C2)ncn1. The van der Waals surface area contributed by atoms with Gasteiger partial charge in [-0.3, -0.25) is 0 Å². The second-order valence-electron chi connectivity index (χ2n) is 6.29. The van der Waals surface area contributed by atoms with Crippen LogP contribution >= 0.6 is 0 Å². The van der Waals surface area contributed by atoms with Crippen molar-refractivity contribution in [2.24, 2.45) is 5.73 Å². The summed E-state index contributed by atoms with van der Waals surface area (Å²) >= 11 is 0. The first kappa shape index (κ1) is 14.1. The molecule has 0 unspecified atom stereocenters. The highest BCUT2D eigenvalue weighted by Crippen LogP contribution is 2.35. The van der Waals surface area contributed by atoms with E-state index < -0.39 is 0 Å². The predicted molar refractivity (Wildman–Crippen MR) is 90.2 cm³/mol. The van der Waals surface area contributed by atoms with Gasteiger partial charge in [-0.2, -0.15) is 0 Å². The molecule has 118 valence electrons. The van der Waals surface area contributed by atoms with Gasteiger partial charge in [-0.05, 0) is 25.0 Å². The molecular formula is C17H20N6. The van der Waals surface area contributed by atoms with Gasteiger partial charge in [0.05, 0.1) is 17.6 Å². The van der Waals surface area contributed by atoms with Gasteiger partial charge in [-0.1, -0.05) is 12.1 Å². The van der Waals surface area contributed by atoms with Crippen molar-refractivity contribution < 1.29 is 0 Å². The van der Waals surface area contributed by atoms with Gasteiger partial charge in [-0.15, -0.1) is 0 Å². The Balaban J connectivity index is 1.52. The van der Waals surface area contributed by atoms with Crippen molar-refractivity contribution in [3.8, 4) is 0 Å². The van der Waals surface area contributed by atoms with Crippen molar-refractivity contribution in [2.45, 2.75) is 31.3 Å². The van der Waals surface area contributed by atoms with Crippen LogP contribution in [-0.2, 0) is 6.54 Å². The van der Waals surface area contributed by atoms with Crippen LogP contribution < -0.4 is 10.6 Å². The van der Waals surface area contributed by atoms with Crippen molar-refractivity contribution in [3.05, 3.63) is 48.2 Å². The zero-order valence-electron chi connectivity index (χ0n) is 13.1. The van der Waals surface area contributed by atoms with Gasteiger partial charge in [0.2, 0.25) is 0 Å². The Bertz CT molecular complexity index is 788. The van der Waals surface area contributed by atoms with E-state index in [-0.39, 0.29) is 0 Å². The van der Waals surface area contributed by atoms with E-state index in [0.717, 1.165) is 41.2 Å². The van der Waals surface area contributed by atoms with E-state index in [4.69, 9.17) is 5.73 Å². The van der Waals surface area contributed by atoms with E-state index in [0.29, 0.717) is 18.5 Å². The predicted octanol–water partition coefficient (Wildman–Crippen LogP) is 2.19. The number of nitrogens with two attached hydrogens (primary N) is 1. The van der Waals surface area contributed by atoms with Gasteiger partial charge in [0, 0.05) is 30.8 Å². The maximum absolute atomic E-state index is 5.88. The van der Waals surface area contributed by atoms with Crippen LogP contribution in [0, 0.1) is 0 Å². The average molecular weight is 308 g/mol. The fourth-order valence-electron chi connectivity index (χ4n) is 3.08. The van der Waals surface area contributed by atoms with Crippen molar-refractivity contribution in [3.63, 3.8) is 0 Å². The molecule has 3 aromatic rings. The molecule has 4 rings (SSSR count). The lowest BCUT2D eigenvalue weighted by Gasteiger charge is -2.32. The van der Waals surface area contributed by atoms with E-state index in [9.17, 15) is 0 Å². The number of fused-ring (bicyclic) bond motifs is 1. The summed E-state index contributed by atoms with van der Waals surface area (Å²) in [6.07, 6.45) is 3.68. The van der Waals surface area contributed by atoms with Gasteiger partial charge in [0.1, 0.15) is 18.0 Å². The minimum absolute atomic E-state index is 0.326. The number of hydrogen-bond acceptors (Lipinski definition) is 5. The van der Waals surface area contributed by atoms with Crippen LogP contribution in [0.1, 0.15) is 30.3 Å². The topological polar surface area (TPSA) is 83.7 Å². The quantitative estimate of drug-likeness (QED) is 0.772. The average Bonchev–Trinajstić information content (AvgIpc) is 2.94. The highest BCUT2D eigenvalue weighted by atomic mass is 15.2. The first-order valence-electron chi connectivity index (χ1n) is 7.91. The monoisotopic (exact) mass is 308 g/mol. The van der Waals surface area contributed by atoms with E-state index in [1.54, 1.807) is 6.33 Å². The number of imidazole rings is 1. The number of nitrogens with one attached hydrogen (secondary N) is 1. The summed E-state index contributed by atoms with van der Waals surface area (Å²) in [6, 6.07) is 10.4. The molecule has 0 amide bonds. The van der Waals surface area contributed by atoms with Crippen LogP contribution in [0.25, 0.3) is 11.0 Å². The zero-order chi connectivity index (χ0) is 15.8. The van der Waals surface area contributed by atoms with Crippen LogP contribution in [-0.4, -0.2) is 33.0 Å². The number of nitrogens with zero attached hydrogens (tertiary/aromatic N) is 4. The largest absolute Gasteiger partial charge is 0.352 e. The number of aromatic amines is 1. The van der Waals surface area contributed by atoms with Crippen LogP contribution in [0.15, 0.2) is 36.7 Å². The number of para-hydroxylation sites is 2. The zero-order valence-corrected chi connectivity index (χ0v) is 13.1. The van der Waals surface area contributed by atoms with E-state index in [1.165, 1.54) is 0 Å². The summed E-state index contributed by atoms with van der Waals surface area (Å²) in [5.74, 6) is 2.32. The number of anilines is 1. The summed E-state index contributed by atoms with van der Waals surface area (Å²) in [5.41, 5.74) is 9.01. The Kier molecular flexibility index (Phi) is 3.46. The lowest BCUT2D eigenvalue weighted by atomic mass is 9.78. The normalized spacial score (nSPS) is 20.4. The Hall–Kier alpha value is -2.47. The summed E-state index contributed by atoms with van der Waals surface area (Å²) in [4.78, 5) is 18.8. The van der Waals surface area contributed by atoms with Crippen molar-refractivity contribution in [2.75, 3.05) is 11.9 Å². The Morgan fingerprint density at radius 1 is 1.26 bits per heavy atom. The molecule has 1 aliphatic rings. The molecule has 6 nitrogen and oxygen atoms in total. The van der Waals surface area contributed by atoms with Gasteiger partial charge >= 0.3 is 0 Å². The molecule has 0 bridgehead atoms. The van der Waals surface area contributed by atoms with Gasteiger partial charge in [-0.25, -0.2) is 15.0 Å². The molecule has 0 aliphatic heterocycles. The molecule has 2 aromatic heterocycles. The minimum Gasteiger partial charge on any atom is -0.352 e. The standard InChI is InChI=1S/C17H20N6/c1-23(9-16-21-13-4-2-3-5-14(13)22-16)17-8-15(19-10-20-17)11-6-12(18)7-11/h2-5,8,10-12H,6-7,9,18H2,1H3,(H,21,22). The molecule has 1 saturated carbocycles. The summed E-state index contributed by atoms with van der Waals surface area (Å²) in [6.45, 7) is 0.676. The van der Waals surface area contributed by atoms with Crippen LogP contribution in [0.2, 0.25) is 0 Å². The van der Waals surface area contributed by atoms with E-state index in [2.05, 4.69) is 30.9 Å². The van der Waals surface area contributed by atoms with E-state index >= 15 is 0 Å². The molecule has 6 heteroatoms. The molecule has 1 aromatic carbocycles. The number of aromatic nitrogens is 4. The molecule has 0 atom stereocenters. The first-order valence-corrected chi connectivity index (χ1v) is 7.91. The summed E-state index contributed by atoms with van der Waals surface area (Å²) in [7, 11) is 2.02. The molecular weight excluding hydrogens is 288 g/mol. The third-order valence-electron chi connectivity index (χ3n) is 4.48. The molecule has 0 spiro atoms. The lowest BCUT2D eigenvalue weighted by Crippen LogP contribution is -2.35. The number of hydrogen-bond donors (Lipinski definition) is 2. The molecule has 0 radical (unpaired) electrons. The Labute approximate surface area is 134 Å². The maximum Gasteiger partial charge on any atom is 0.132 e. The molecule has 1 fully saturated rings. The Morgan fingerprint density at radius 3 is 2.87 bits per heavy atom. The molecule has 0 saturated heterocycles. The molecule has 23 heavy (non-hydrogen) atoms. The maximum atomic E-state index is 5.88. The highest BCUT2D eigenvalue weighted by Gasteiger charge is 2.28. The number of H-pyrrole nitrogens is 1. The van der Waals surface area contributed by atoms with E-state index in [1.807, 2.05) is 31.3 Å². The van der Waals surface area contributed by atoms with Crippen LogP contribution in [0.5, 0.6) is 0 Å². The second kappa shape index (κ2) is 5.62. The van der Waals surface area contributed by atoms with Gasteiger partial charge in [0.15, 0.2) is 0 Å². The summed E-state index contributed by atoms with van der Waals surface area (Å²) in [5, 5.41) is 0. The second-order valence-corrected chi connectivity index (χ2v) is 6.29. The number of benzene rings is 1. The van der Waals surface area contributed by atoms with Crippen LogP contribution in [0.3, 0.4) is 0 Å². The smallest absolute Gasteiger partial charge is 0.132 e. The minimum atomic E-state index is 0.326. The fourth-order valence-corrected chi connectivity index (χ4v) is 3.08. The van der Waals surface area contributed by atoms with Gasteiger partial charge in [0.25, 0.3) is 0 Å². The van der Waals surface area contributed by atoms with Crippen molar-refractivity contribution >= 4 is 16.9 Å². The summed E-state index contributed by atoms with van der Waals surface area (Å²) < 4.78 is 0. The van der Waals surface area contributed by atoms with Crippen LogP contribution in [0.4, 0.5) is 5.82 Å². The van der Waals surface area contributed by atoms with Crippen molar-refractivity contribution in [1.29, 1.82) is 0 Å². The number of rotatable bonds is 4. The lowest BCUT2D eigenvalue weighted by molar-refractivity contribution is 0.345. The van der Waals surface area contributed by atoms with Crippen molar-refractivity contribution in [1.82, 2.24) is 19.9 Å². The fraction of sp³-hybridized carbons (Fsp3) is 0.353. The molecule has 2 heterocycles. The third-order valence-corrected chi connectivity index (χ3v) is 4.48. The first-order chi connectivity index (χ1) is 11.2. The molecule has 1 aliphatic carbocycles. The third kappa shape index (κ3) is 2.77. The Morgan fingerprint density at radius 2 is 2.09 bits per heavy atom. The van der Waals surface area contributed by atoms with Gasteiger partial charge < -0.3 is 15.6 Å². The highest BCUT2D eigenvalue weighted by molar-refractivity contribution is 5.74.